The molecule has 3 heterocycles. The minimum atomic E-state index is -3.81. The highest BCUT2D eigenvalue weighted by Crippen LogP contribution is 2.64. The molecule has 1 aliphatic rings. The van der Waals surface area contributed by atoms with E-state index in [4.69, 9.17) is 15.0 Å². The van der Waals surface area contributed by atoms with E-state index in [0.29, 0.717) is 22.9 Å². The van der Waals surface area contributed by atoms with Gasteiger partial charge in [0.2, 0.25) is 13.2 Å². The molecule has 264 valence electrons. The van der Waals surface area contributed by atoms with E-state index in [1.165, 1.54) is 0 Å². The summed E-state index contributed by atoms with van der Waals surface area (Å²) in [5.74, 6) is 1.30. The molecule has 0 amide bonds. The SMILES string of the molecule is O=P1(c2ccccc2)c2ccccc2-c2c(c3c(c4ccccc24)c2ccccc2n3-c2ccccc2)N1c1nc(-c2ccccc2)nc(-c2ccccc2)n1. The topological polar surface area (TPSA) is 63.9 Å². The normalized spacial score (nSPS) is 14.9. The van der Waals surface area contributed by atoms with E-state index in [9.17, 15) is 0 Å². The van der Waals surface area contributed by atoms with Gasteiger partial charge in [0, 0.05) is 43.8 Å². The van der Waals surface area contributed by atoms with E-state index in [1.807, 2.05) is 120 Å². The van der Waals surface area contributed by atoms with Crippen LogP contribution >= 0.6 is 7.29 Å². The molecule has 0 fully saturated rings. The molecular weight excluding hydrogens is 706 g/mol. The quantitative estimate of drug-likeness (QED) is 0.165. The first-order chi connectivity index (χ1) is 27.7. The lowest BCUT2D eigenvalue weighted by molar-refractivity contribution is 0.586. The first-order valence-electron chi connectivity index (χ1n) is 18.7. The van der Waals surface area contributed by atoms with Crippen molar-refractivity contribution in [1.29, 1.82) is 0 Å². The van der Waals surface area contributed by atoms with Gasteiger partial charge < -0.3 is 4.57 Å². The predicted octanol–water partition coefficient (Wildman–Crippen LogP) is 11.5. The number of anilines is 2. The Kier molecular flexibility index (Phi) is 7.34. The van der Waals surface area contributed by atoms with Gasteiger partial charge in [-0.05, 0) is 52.7 Å². The molecule has 0 radical (unpaired) electrons. The zero-order chi connectivity index (χ0) is 37.2. The molecule has 0 saturated carbocycles. The molecule has 6 nitrogen and oxygen atoms in total. The average molecular weight is 738 g/mol. The average Bonchev–Trinajstić information content (AvgIpc) is 3.63. The molecule has 1 aliphatic heterocycles. The van der Waals surface area contributed by atoms with E-state index < -0.39 is 7.29 Å². The van der Waals surface area contributed by atoms with Gasteiger partial charge in [0.25, 0.3) is 0 Å². The number of nitrogens with zero attached hydrogens (tertiary/aromatic N) is 5. The fourth-order valence-electron chi connectivity index (χ4n) is 8.43. The molecule has 0 spiro atoms. The van der Waals surface area contributed by atoms with Crippen LogP contribution in [0.1, 0.15) is 0 Å². The Morgan fingerprint density at radius 3 is 1.64 bits per heavy atom. The van der Waals surface area contributed by atoms with Gasteiger partial charge in [-0.1, -0.05) is 158 Å². The maximum absolute atomic E-state index is 17.1. The van der Waals surface area contributed by atoms with Crippen LogP contribution in [0.3, 0.4) is 0 Å². The smallest absolute Gasteiger partial charge is 0.240 e. The molecule has 0 saturated heterocycles. The van der Waals surface area contributed by atoms with Crippen LogP contribution in [0.25, 0.3) is 72.2 Å². The molecule has 1 atom stereocenters. The summed E-state index contributed by atoms with van der Waals surface area (Å²) in [6, 6.07) is 65.5. The maximum atomic E-state index is 17.1. The van der Waals surface area contributed by atoms with Gasteiger partial charge in [0.15, 0.2) is 11.6 Å². The third-order valence-electron chi connectivity index (χ3n) is 10.8. The Hall–Kier alpha value is -7.14. The number of para-hydroxylation sites is 2. The van der Waals surface area contributed by atoms with Crippen molar-refractivity contribution in [3.05, 3.63) is 194 Å². The lowest BCUT2D eigenvalue weighted by Crippen LogP contribution is -2.35. The number of hydrogen-bond acceptors (Lipinski definition) is 4. The maximum Gasteiger partial charge on any atom is 0.240 e. The molecule has 0 bridgehead atoms. The summed E-state index contributed by atoms with van der Waals surface area (Å²) in [5, 5.41) is 5.76. The highest BCUT2D eigenvalue weighted by molar-refractivity contribution is 7.80. The number of fused-ring (bicyclic) bond motifs is 10. The molecule has 10 aromatic rings. The second-order valence-corrected chi connectivity index (χ2v) is 16.5. The second kappa shape index (κ2) is 12.7. The zero-order valence-corrected chi connectivity index (χ0v) is 31.0. The van der Waals surface area contributed by atoms with Crippen molar-refractivity contribution in [3.8, 4) is 39.6 Å². The summed E-state index contributed by atoms with van der Waals surface area (Å²) in [6.45, 7) is 0. The minimum Gasteiger partial charge on any atom is -0.307 e. The Bertz CT molecular complexity index is 3110. The van der Waals surface area contributed by atoms with Gasteiger partial charge in [-0.15, -0.1) is 0 Å². The van der Waals surface area contributed by atoms with Crippen LogP contribution in [-0.4, -0.2) is 19.5 Å². The number of rotatable bonds is 5. The summed E-state index contributed by atoms with van der Waals surface area (Å²) in [6.07, 6.45) is 0. The summed E-state index contributed by atoms with van der Waals surface area (Å²) in [7, 11) is -3.81. The Labute approximate surface area is 323 Å². The van der Waals surface area contributed by atoms with Crippen molar-refractivity contribution >= 4 is 62.1 Å². The number of aromatic nitrogens is 4. The van der Waals surface area contributed by atoms with Crippen LogP contribution < -0.4 is 15.3 Å². The lowest BCUT2D eigenvalue weighted by atomic mass is 9.92. The van der Waals surface area contributed by atoms with Gasteiger partial charge in [-0.25, -0.2) is 9.65 Å². The van der Waals surface area contributed by atoms with Crippen molar-refractivity contribution in [2.24, 2.45) is 0 Å². The highest BCUT2D eigenvalue weighted by atomic mass is 31.2. The van der Waals surface area contributed by atoms with Gasteiger partial charge in [-0.2, -0.15) is 9.97 Å². The fourth-order valence-corrected chi connectivity index (χ4v) is 11.3. The van der Waals surface area contributed by atoms with Crippen molar-refractivity contribution < 1.29 is 4.57 Å². The zero-order valence-electron chi connectivity index (χ0n) is 30.1. The summed E-state index contributed by atoms with van der Waals surface area (Å²) >= 11 is 0. The van der Waals surface area contributed by atoms with Crippen LogP contribution in [0.15, 0.2) is 194 Å². The molecule has 8 aromatic carbocycles. The standard InChI is InChI=1S/C49H32N5OP/c55-56(36-25-11-4-12-26-36)42-32-18-16-30-40(42)44-38-28-14-13-27-37(38)43-39-29-15-17-31-41(39)53(35-23-9-3-10-24-35)45(43)46(44)54(56)49-51-47(33-19-5-1-6-20-33)50-48(52-49)34-21-7-2-8-22-34/h1-32H. The summed E-state index contributed by atoms with van der Waals surface area (Å²) in [5.41, 5.74) is 7.34. The molecule has 7 heteroatoms. The Morgan fingerprint density at radius 1 is 0.464 bits per heavy atom. The third kappa shape index (κ3) is 4.76. The molecule has 1 unspecified atom stereocenters. The molecule has 2 aromatic heterocycles. The van der Waals surface area contributed by atoms with E-state index in [2.05, 4.69) is 83.4 Å². The van der Waals surface area contributed by atoms with Gasteiger partial charge >= 0.3 is 0 Å². The Balaban J connectivity index is 1.40. The van der Waals surface area contributed by atoms with E-state index >= 15 is 4.57 Å². The van der Waals surface area contributed by atoms with Crippen LogP contribution in [0.4, 0.5) is 11.6 Å². The fraction of sp³-hybridized carbons (Fsp3) is 0. The van der Waals surface area contributed by atoms with Crippen molar-refractivity contribution in [3.63, 3.8) is 0 Å². The van der Waals surface area contributed by atoms with Crippen LogP contribution in [0.5, 0.6) is 0 Å². The van der Waals surface area contributed by atoms with E-state index in [0.717, 1.165) is 71.5 Å². The van der Waals surface area contributed by atoms with E-state index in [-0.39, 0.29) is 0 Å². The number of hydrogen-bond donors (Lipinski definition) is 0. The molecule has 56 heavy (non-hydrogen) atoms. The van der Waals surface area contributed by atoms with Crippen molar-refractivity contribution in [1.82, 2.24) is 19.5 Å². The van der Waals surface area contributed by atoms with E-state index in [1.54, 1.807) is 0 Å². The first-order valence-corrected chi connectivity index (χ1v) is 20.3. The van der Waals surface area contributed by atoms with Gasteiger partial charge in [0.1, 0.15) is 0 Å². The monoisotopic (exact) mass is 737 g/mol. The lowest BCUT2D eigenvalue weighted by Gasteiger charge is -2.40. The molecular formula is C49H32N5OP. The largest absolute Gasteiger partial charge is 0.307 e. The van der Waals surface area contributed by atoms with Crippen LogP contribution in [-0.2, 0) is 4.57 Å². The van der Waals surface area contributed by atoms with Crippen LogP contribution in [0.2, 0.25) is 0 Å². The third-order valence-corrected chi connectivity index (χ3v) is 13.8. The second-order valence-electron chi connectivity index (χ2n) is 13.9. The Morgan fingerprint density at radius 2 is 0.982 bits per heavy atom. The van der Waals surface area contributed by atoms with Crippen LogP contribution in [0, 0.1) is 0 Å². The van der Waals surface area contributed by atoms with Crippen molar-refractivity contribution in [2.75, 3.05) is 4.67 Å². The molecule has 0 aliphatic carbocycles. The summed E-state index contributed by atoms with van der Waals surface area (Å²) < 4.78 is 21.4. The van der Waals surface area contributed by atoms with Gasteiger partial charge in [0.05, 0.1) is 16.7 Å². The molecule has 0 N–H and O–H groups in total. The van der Waals surface area contributed by atoms with Crippen molar-refractivity contribution in [2.45, 2.75) is 0 Å². The van der Waals surface area contributed by atoms with Gasteiger partial charge in [-0.3, -0.25) is 4.57 Å². The molecule has 11 rings (SSSR count). The minimum absolute atomic E-state index is 0.307. The summed E-state index contributed by atoms with van der Waals surface area (Å²) in [4.78, 5) is 15.7. The highest BCUT2D eigenvalue weighted by Gasteiger charge is 2.47. The number of benzene rings is 8. The predicted molar refractivity (Wildman–Crippen MR) is 230 cm³/mol. The first kappa shape index (κ1) is 32.3.